The van der Waals surface area contributed by atoms with Crippen molar-refractivity contribution in [3.8, 4) is 5.75 Å². The van der Waals surface area contributed by atoms with Crippen molar-refractivity contribution < 1.29 is 23.9 Å². The molecular weight excluding hydrogens is 460 g/mol. The molecule has 9 heteroatoms. The first-order valence-electron chi connectivity index (χ1n) is 12.1. The molecule has 0 bridgehead atoms. The molecule has 0 spiro atoms. The highest BCUT2D eigenvalue weighted by Crippen LogP contribution is 2.29. The quantitative estimate of drug-likeness (QED) is 0.432. The van der Waals surface area contributed by atoms with Gasteiger partial charge in [0.15, 0.2) is 5.78 Å². The van der Waals surface area contributed by atoms with Gasteiger partial charge in [0.1, 0.15) is 5.75 Å². The van der Waals surface area contributed by atoms with Crippen molar-refractivity contribution >= 4 is 23.5 Å². The maximum absolute atomic E-state index is 12.8. The van der Waals surface area contributed by atoms with Gasteiger partial charge in [-0.3, -0.25) is 9.69 Å². The van der Waals surface area contributed by atoms with Crippen LogP contribution in [0, 0.1) is 0 Å². The molecule has 0 aromatic heterocycles. The third-order valence-corrected chi connectivity index (χ3v) is 6.48. The van der Waals surface area contributed by atoms with Gasteiger partial charge in [-0.05, 0) is 55.8 Å². The smallest absolute Gasteiger partial charge is 0.338 e. The number of anilines is 1. The number of benzene rings is 2. The van der Waals surface area contributed by atoms with E-state index < -0.39 is 12.0 Å². The van der Waals surface area contributed by atoms with Crippen LogP contribution in [0.1, 0.15) is 35.8 Å². The van der Waals surface area contributed by atoms with Gasteiger partial charge in [-0.25, -0.2) is 9.59 Å². The van der Waals surface area contributed by atoms with Crippen LogP contribution in [0.2, 0.25) is 0 Å². The summed E-state index contributed by atoms with van der Waals surface area (Å²) in [5.41, 5.74) is 3.47. The van der Waals surface area contributed by atoms with Crippen LogP contribution in [-0.4, -0.2) is 69.1 Å². The van der Waals surface area contributed by atoms with E-state index in [-0.39, 0.29) is 11.8 Å². The number of nitrogens with zero attached hydrogens (tertiary/aromatic N) is 2. The Morgan fingerprint density at radius 2 is 1.67 bits per heavy atom. The third kappa shape index (κ3) is 5.68. The molecule has 1 saturated heterocycles. The number of carbonyl (C=O) groups excluding carboxylic acids is 3. The van der Waals surface area contributed by atoms with Crippen LogP contribution in [0.25, 0.3) is 0 Å². The lowest BCUT2D eigenvalue weighted by Crippen LogP contribution is -2.51. The molecule has 9 nitrogen and oxygen atoms in total. The number of Topliss-reactive ketones (excluding diaryl/α,β-unsaturated/α-hetero) is 1. The van der Waals surface area contributed by atoms with E-state index in [4.69, 9.17) is 9.47 Å². The van der Waals surface area contributed by atoms with Crippen molar-refractivity contribution in [1.29, 1.82) is 0 Å². The van der Waals surface area contributed by atoms with E-state index in [0.29, 0.717) is 30.0 Å². The lowest BCUT2D eigenvalue weighted by atomic mass is 9.95. The summed E-state index contributed by atoms with van der Waals surface area (Å²) in [6.45, 7) is 7.52. The molecular formula is C27H32N4O5. The Labute approximate surface area is 211 Å². The summed E-state index contributed by atoms with van der Waals surface area (Å²) in [6.07, 6.45) is 0. The second kappa shape index (κ2) is 11.3. The summed E-state index contributed by atoms with van der Waals surface area (Å²) >= 11 is 0. The first-order valence-corrected chi connectivity index (χ1v) is 12.1. The van der Waals surface area contributed by atoms with Crippen molar-refractivity contribution in [2.75, 3.05) is 51.3 Å². The second-order valence-electron chi connectivity index (χ2n) is 8.78. The minimum atomic E-state index is -0.627. The van der Waals surface area contributed by atoms with E-state index in [1.807, 2.05) is 55.5 Å². The monoisotopic (exact) mass is 492 g/mol. The molecule has 0 aliphatic carbocycles. The Morgan fingerprint density at radius 1 is 1.00 bits per heavy atom. The van der Waals surface area contributed by atoms with E-state index in [2.05, 4.69) is 20.4 Å². The van der Waals surface area contributed by atoms with Gasteiger partial charge >= 0.3 is 12.0 Å². The molecule has 0 radical (unpaired) electrons. The lowest BCUT2D eigenvalue weighted by Gasteiger charge is -2.38. The van der Waals surface area contributed by atoms with Gasteiger partial charge in [0.05, 0.1) is 25.3 Å². The average Bonchev–Trinajstić information content (AvgIpc) is 2.89. The van der Waals surface area contributed by atoms with Gasteiger partial charge < -0.3 is 25.0 Å². The summed E-state index contributed by atoms with van der Waals surface area (Å²) in [5.74, 6) is 0.285. The maximum Gasteiger partial charge on any atom is 0.338 e. The minimum Gasteiger partial charge on any atom is -0.494 e. The van der Waals surface area contributed by atoms with Crippen LogP contribution in [0.15, 0.2) is 59.8 Å². The molecule has 0 saturated carbocycles. The molecule has 2 aliphatic rings. The number of ether oxygens (including phenoxy) is 2. The minimum absolute atomic E-state index is 0.0496. The first-order chi connectivity index (χ1) is 17.4. The van der Waals surface area contributed by atoms with E-state index in [0.717, 1.165) is 43.2 Å². The zero-order valence-corrected chi connectivity index (χ0v) is 20.9. The number of amides is 2. The van der Waals surface area contributed by atoms with Crippen molar-refractivity contribution in [3.05, 3.63) is 70.9 Å². The zero-order chi connectivity index (χ0) is 25.7. The fourth-order valence-corrected chi connectivity index (χ4v) is 4.56. The van der Waals surface area contributed by atoms with Crippen LogP contribution in [0.3, 0.4) is 0 Å². The summed E-state index contributed by atoms with van der Waals surface area (Å²) in [4.78, 5) is 41.4. The zero-order valence-electron chi connectivity index (χ0n) is 20.9. The molecule has 2 aromatic carbocycles. The number of piperazine rings is 1. The molecule has 190 valence electrons. The highest BCUT2D eigenvalue weighted by Gasteiger charge is 2.34. The molecule has 2 aromatic rings. The normalized spacial score (nSPS) is 18.4. The number of nitrogens with one attached hydrogen (secondary N) is 2. The molecule has 36 heavy (non-hydrogen) atoms. The Hall–Kier alpha value is -3.85. The van der Waals surface area contributed by atoms with Gasteiger partial charge in [-0.15, -0.1) is 0 Å². The van der Waals surface area contributed by atoms with Crippen LogP contribution < -0.4 is 20.3 Å². The molecule has 2 amide bonds. The van der Waals surface area contributed by atoms with Crippen molar-refractivity contribution in [3.63, 3.8) is 0 Å². The number of ketones is 1. The Balaban J connectivity index is 1.50. The number of urea groups is 1. The van der Waals surface area contributed by atoms with Crippen molar-refractivity contribution in [1.82, 2.24) is 15.5 Å². The first kappa shape index (κ1) is 25.2. The predicted molar refractivity (Wildman–Crippen MR) is 136 cm³/mol. The van der Waals surface area contributed by atoms with Crippen molar-refractivity contribution in [2.45, 2.75) is 19.9 Å². The average molecular weight is 493 g/mol. The molecule has 2 heterocycles. The maximum atomic E-state index is 12.8. The topological polar surface area (TPSA) is 100 Å². The van der Waals surface area contributed by atoms with Gasteiger partial charge in [0.2, 0.25) is 0 Å². The largest absolute Gasteiger partial charge is 0.494 e. The van der Waals surface area contributed by atoms with Gasteiger partial charge in [0, 0.05) is 49.7 Å². The molecule has 4 rings (SSSR count). The van der Waals surface area contributed by atoms with Gasteiger partial charge in [0.25, 0.3) is 0 Å². The summed E-state index contributed by atoms with van der Waals surface area (Å²) < 4.78 is 10.6. The SMILES string of the molecule is CCOc1ccc([C@H]2NC(=O)NC(CN3CCN(c4ccc(C(C)=O)cc4)CC3)=C2C(=O)OC)cc1. The van der Waals surface area contributed by atoms with Crippen LogP contribution >= 0.6 is 0 Å². The van der Waals surface area contributed by atoms with Gasteiger partial charge in [-0.2, -0.15) is 0 Å². The fraction of sp³-hybridized carbons (Fsp3) is 0.370. The Morgan fingerprint density at radius 3 is 2.25 bits per heavy atom. The van der Waals surface area contributed by atoms with E-state index in [9.17, 15) is 14.4 Å². The number of rotatable bonds is 8. The molecule has 1 atom stereocenters. The van der Waals surface area contributed by atoms with E-state index in [1.165, 1.54) is 7.11 Å². The number of carbonyl (C=O) groups is 3. The van der Waals surface area contributed by atoms with E-state index >= 15 is 0 Å². The third-order valence-electron chi connectivity index (χ3n) is 6.48. The summed E-state index contributed by atoms with van der Waals surface area (Å²) in [5, 5.41) is 5.69. The second-order valence-corrected chi connectivity index (χ2v) is 8.78. The van der Waals surface area contributed by atoms with Crippen molar-refractivity contribution in [2.24, 2.45) is 0 Å². The molecule has 2 aliphatic heterocycles. The van der Waals surface area contributed by atoms with E-state index in [1.54, 1.807) is 6.92 Å². The van der Waals surface area contributed by atoms with Gasteiger partial charge in [-0.1, -0.05) is 12.1 Å². The number of methoxy groups -OCH3 is 1. The highest BCUT2D eigenvalue weighted by atomic mass is 16.5. The van der Waals surface area contributed by atoms with Crippen LogP contribution in [-0.2, 0) is 9.53 Å². The summed E-state index contributed by atoms with van der Waals surface area (Å²) in [7, 11) is 1.34. The fourth-order valence-electron chi connectivity index (χ4n) is 4.56. The Kier molecular flexibility index (Phi) is 7.90. The number of hydrogen-bond donors (Lipinski definition) is 2. The molecule has 1 fully saturated rings. The lowest BCUT2D eigenvalue weighted by molar-refractivity contribution is -0.136. The number of hydrogen-bond acceptors (Lipinski definition) is 7. The van der Waals surface area contributed by atoms with Crippen LogP contribution in [0.5, 0.6) is 5.75 Å². The predicted octanol–water partition coefficient (Wildman–Crippen LogP) is 2.89. The molecule has 0 unspecified atom stereocenters. The highest BCUT2D eigenvalue weighted by molar-refractivity contribution is 5.95. The van der Waals surface area contributed by atoms with Crippen LogP contribution in [0.4, 0.5) is 10.5 Å². The Bertz CT molecular complexity index is 1140. The number of esters is 1. The molecule has 2 N–H and O–H groups in total. The standard InChI is InChI=1S/C27H32N4O5/c1-4-36-22-11-7-20(8-12-22)25-24(26(33)35-3)23(28-27(34)29-25)17-30-13-15-31(16-14-30)21-9-5-19(6-10-21)18(2)32/h5-12,25H,4,13-17H2,1-3H3,(H2,28,29,34)/t25-/m1/s1. The summed E-state index contributed by atoms with van der Waals surface area (Å²) in [6, 6.07) is 14.0.